The fourth-order valence-electron chi connectivity index (χ4n) is 2.42. The summed E-state index contributed by atoms with van der Waals surface area (Å²) in [4.78, 5) is 11.6. The minimum atomic E-state index is -0.351. The van der Waals surface area contributed by atoms with E-state index in [0.29, 0.717) is 5.58 Å². The van der Waals surface area contributed by atoms with Crippen molar-refractivity contribution in [2.24, 2.45) is 0 Å². The fourth-order valence-corrected chi connectivity index (χ4v) is 2.42. The molecule has 0 aliphatic carbocycles. The van der Waals surface area contributed by atoms with Crippen molar-refractivity contribution in [3.05, 3.63) is 70.1 Å². The molecular formula is C17H15NO2. The van der Waals surface area contributed by atoms with Crippen molar-refractivity contribution in [2.75, 3.05) is 5.32 Å². The van der Waals surface area contributed by atoms with Crippen molar-refractivity contribution >= 4 is 22.3 Å². The Bertz CT molecular complexity index is 814. The number of anilines is 2. The zero-order chi connectivity index (χ0) is 14.1. The van der Waals surface area contributed by atoms with Crippen molar-refractivity contribution < 1.29 is 4.42 Å². The molecule has 20 heavy (non-hydrogen) atoms. The van der Waals surface area contributed by atoms with Crippen LogP contribution in [0, 0.1) is 13.8 Å². The van der Waals surface area contributed by atoms with Gasteiger partial charge in [0, 0.05) is 17.1 Å². The largest absolute Gasteiger partial charge is 0.423 e. The average Bonchev–Trinajstić information content (AvgIpc) is 2.37. The number of hydrogen-bond acceptors (Lipinski definition) is 3. The van der Waals surface area contributed by atoms with Gasteiger partial charge in [-0.2, -0.15) is 0 Å². The van der Waals surface area contributed by atoms with Crippen molar-refractivity contribution in [2.45, 2.75) is 13.8 Å². The SMILES string of the molecule is Cc1cc(C)cc(Nc2cc(=O)oc3ccccc23)c1. The lowest BCUT2D eigenvalue weighted by Crippen LogP contribution is -2.01. The van der Waals surface area contributed by atoms with E-state index >= 15 is 0 Å². The van der Waals surface area contributed by atoms with Crippen molar-refractivity contribution in [3.8, 4) is 0 Å². The summed E-state index contributed by atoms with van der Waals surface area (Å²) in [7, 11) is 0. The van der Waals surface area contributed by atoms with E-state index < -0.39 is 0 Å². The van der Waals surface area contributed by atoms with Gasteiger partial charge >= 0.3 is 5.63 Å². The maximum Gasteiger partial charge on any atom is 0.338 e. The Kier molecular flexibility index (Phi) is 3.03. The molecule has 3 nitrogen and oxygen atoms in total. The third kappa shape index (κ3) is 2.43. The highest BCUT2D eigenvalue weighted by Gasteiger charge is 2.05. The van der Waals surface area contributed by atoms with E-state index in [-0.39, 0.29) is 5.63 Å². The second-order valence-electron chi connectivity index (χ2n) is 4.98. The molecule has 0 radical (unpaired) electrons. The lowest BCUT2D eigenvalue weighted by Gasteiger charge is -2.10. The molecule has 0 aliphatic rings. The molecule has 0 aliphatic heterocycles. The Morgan fingerprint density at radius 3 is 2.40 bits per heavy atom. The van der Waals surface area contributed by atoms with Crippen LogP contribution in [-0.4, -0.2) is 0 Å². The molecule has 0 saturated heterocycles. The molecule has 3 aromatic rings. The second kappa shape index (κ2) is 4.85. The van der Waals surface area contributed by atoms with Gasteiger partial charge in [-0.1, -0.05) is 18.2 Å². The molecule has 3 rings (SSSR count). The van der Waals surface area contributed by atoms with Crippen LogP contribution in [0.2, 0.25) is 0 Å². The smallest absolute Gasteiger partial charge is 0.338 e. The Morgan fingerprint density at radius 2 is 1.65 bits per heavy atom. The third-order valence-corrected chi connectivity index (χ3v) is 3.15. The predicted molar refractivity (Wildman–Crippen MR) is 81.7 cm³/mol. The summed E-state index contributed by atoms with van der Waals surface area (Å²) in [5.41, 5.74) is 4.34. The van der Waals surface area contributed by atoms with E-state index in [2.05, 4.69) is 37.4 Å². The standard InChI is InChI=1S/C17H15NO2/c1-11-7-12(2)9-13(8-11)18-15-10-17(19)20-16-6-4-3-5-14(15)16/h3-10,18H,1-2H3. The summed E-state index contributed by atoms with van der Waals surface area (Å²) < 4.78 is 5.19. The van der Waals surface area contributed by atoms with Crippen LogP contribution in [0.1, 0.15) is 11.1 Å². The van der Waals surface area contributed by atoms with Gasteiger partial charge in [-0.15, -0.1) is 0 Å². The zero-order valence-electron chi connectivity index (χ0n) is 11.4. The quantitative estimate of drug-likeness (QED) is 0.708. The summed E-state index contributed by atoms with van der Waals surface area (Å²) in [5, 5.41) is 4.20. The minimum absolute atomic E-state index is 0.351. The average molecular weight is 265 g/mol. The van der Waals surface area contributed by atoms with Crippen molar-refractivity contribution in [1.29, 1.82) is 0 Å². The molecule has 100 valence electrons. The van der Waals surface area contributed by atoms with Crippen LogP contribution in [0.15, 0.2) is 57.7 Å². The summed E-state index contributed by atoms with van der Waals surface area (Å²) in [6.07, 6.45) is 0. The van der Waals surface area contributed by atoms with Gasteiger partial charge in [-0.3, -0.25) is 0 Å². The molecule has 0 spiro atoms. The maximum atomic E-state index is 11.6. The van der Waals surface area contributed by atoms with Crippen LogP contribution in [-0.2, 0) is 0 Å². The molecule has 0 amide bonds. The molecule has 0 saturated carbocycles. The molecule has 0 atom stereocenters. The van der Waals surface area contributed by atoms with Gasteiger partial charge in [0.25, 0.3) is 0 Å². The van der Waals surface area contributed by atoms with Gasteiger partial charge in [0.1, 0.15) is 5.58 Å². The van der Waals surface area contributed by atoms with Gasteiger partial charge in [0.2, 0.25) is 0 Å². The Balaban J connectivity index is 2.12. The number of fused-ring (bicyclic) bond motifs is 1. The first kappa shape index (κ1) is 12.5. The Morgan fingerprint density at radius 1 is 0.950 bits per heavy atom. The lowest BCUT2D eigenvalue weighted by atomic mass is 10.1. The second-order valence-corrected chi connectivity index (χ2v) is 4.98. The van der Waals surface area contributed by atoms with E-state index in [1.165, 1.54) is 17.2 Å². The van der Waals surface area contributed by atoms with Crippen molar-refractivity contribution in [1.82, 2.24) is 0 Å². The first-order valence-electron chi connectivity index (χ1n) is 6.50. The minimum Gasteiger partial charge on any atom is -0.423 e. The highest BCUT2D eigenvalue weighted by atomic mass is 16.4. The molecule has 0 unspecified atom stereocenters. The van der Waals surface area contributed by atoms with E-state index in [1.54, 1.807) is 6.07 Å². The highest BCUT2D eigenvalue weighted by molar-refractivity contribution is 5.91. The molecule has 3 heteroatoms. The van der Waals surface area contributed by atoms with Gasteiger partial charge in [-0.25, -0.2) is 4.79 Å². The van der Waals surface area contributed by atoms with Crippen LogP contribution in [0.4, 0.5) is 11.4 Å². The summed E-state index contributed by atoms with van der Waals surface area (Å²) in [6.45, 7) is 4.10. The van der Waals surface area contributed by atoms with Gasteiger partial charge in [0.15, 0.2) is 0 Å². The fraction of sp³-hybridized carbons (Fsp3) is 0.118. The maximum absolute atomic E-state index is 11.6. The molecule has 0 bridgehead atoms. The summed E-state index contributed by atoms with van der Waals surface area (Å²) in [6, 6.07) is 15.2. The van der Waals surface area contributed by atoms with Gasteiger partial charge in [-0.05, 0) is 49.2 Å². The van der Waals surface area contributed by atoms with Crippen LogP contribution < -0.4 is 10.9 Å². The number of rotatable bonds is 2. The van der Waals surface area contributed by atoms with Crippen molar-refractivity contribution in [3.63, 3.8) is 0 Å². The highest BCUT2D eigenvalue weighted by Crippen LogP contribution is 2.25. The number of para-hydroxylation sites is 1. The molecule has 2 aromatic carbocycles. The topological polar surface area (TPSA) is 42.2 Å². The molecule has 1 N–H and O–H groups in total. The lowest BCUT2D eigenvalue weighted by molar-refractivity contribution is 0.561. The molecular weight excluding hydrogens is 250 g/mol. The molecule has 1 aromatic heterocycles. The van der Waals surface area contributed by atoms with Crippen LogP contribution in [0.3, 0.4) is 0 Å². The molecule has 0 fully saturated rings. The van der Waals surface area contributed by atoms with Crippen LogP contribution >= 0.6 is 0 Å². The van der Waals surface area contributed by atoms with Gasteiger partial charge in [0.05, 0.1) is 5.69 Å². The predicted octanol–water partition coefficient (Wildman–Crippen LogP) is 4.15. The Hall–Kier alpha value is -2.55. The number of nitrogens with one attached hydrogen (secondary N) is 1. The first-order valence-corrected chi connectivity index (χ1v) is 6.50. The normalized spacial score (nSPS) is 10.7. The van der Waals surface area contributed by atoms with E-state index in [4.69, 9.17) is 4.42 Å². The van der Waals surface area contributed by atoms with Crippen LogP contribution in [0.25, 0.3) is 11.0 Å². The van der Waals surface area contributed by atoms with Gasteiger partial charge < -0.3 is 9.73 Å². The van der Waals surface area contributed by atoms with Crippen LogP contribution in [0.5, 0.6) is 0 Å². The molecule has 1 heterocycles. The van der Waals surface area contributed by atoms with E-state index in [1.807, 2.05) is 18.2 Å². The Labute approximate surface area is 116 Å². The monoisotopic (exact) mass is 265 g/mol. The number of aryl methyl sites for hydroxylation is 2. The summed E-state index contributed by atoms with van der Waals surface area (Å²) >= 11 is 0. The zero-order valence-corrected chi connectivity index (χ0v) is 11.4. The third-order valence-electron chi connectivity index (χ3n) is 3.15. The van der Waals surface area contributed by atoms with E-state index in [0.717, 1.165) is 16.8 Å². The number of benzene rings is 2. The number of hydrogen-bond donors (Lipinski definition) is 1. The first-order chi connectivity index (χ1) is 9.61. The summed E-state index contributed by atoms with van der Waals surface area (Å²) in [5.74, 6) is 0. The van der Waals surface area contributed by atoms with E-state index in [9.17, 15) is 4.79 Å².